The van der Waals surface area contributed by atoms with Crippen LogP contribution in [-0.2, 0) is 11.5 Å². The SMILES string of the molecule is FC(F)c1c(Br)cc(C(F)(F)F)nc1CBr. The van der Waals surface area contributed by atoms with Crippen molar-refractivity contribution in [2.45, 2.75) is 17.9 Å². The van der Waals surface area contributed by atoms with Crippen LogP contribution in [0.25, 0.3) is 0 Å². The molecule has 0 saturated carbocycles. The molecule has 1 heterocycles. The van der Waals surface area contributed by atoms with Crippen LogP contribution in [0.1, 0.15) is 23.4 Å². The van der Waals surface area contributed by atoms with Crippen molar-refractivity contribution in [2.75, 3.05) is 0 Å². The Balaban J connectivity index is 3.38. The van der Waals surface area contributed by atoms with Crippen LogP contribution < -0.4 is 0 Å². The van der Waals surface area contributed by atoms with Crippen LogP contribution in [0.5, 0.6) is 0 Å². The van der Waals surface area contributed by atoms with Crippen molar-refractivity contribution in [3.8, 4) is 0 Å². The first-order valence-corrected chi connectivity index (χ1v) is 5.79. The van der Waals surface area contributed by atoms with Crippen LogP contribution in [0.4, 0.5) is 22.0 Å². The molecule has 16 heavy (non-hydrogen) atoms. The lowest BCUT2D eigenvalue weighted by atomic mass is 10.2. The lowest BCUT2D eigenvalue weighted by molar-refractivity contribution is -0.141. The molecule has 1 aromatic heterocycles. The minimum atomic E-state index is -4.65. The third-order valence-corrected chi connectivity index (χ3v) is 2.91. The molecule has 0 amide bonds. The van der Waals surface area contributed by atoms with Gasteiger partial charge in [0.25, 0.3) is 6.43 Å². The third-order valence-electron chi connectivity index (χ3n) is 1.72. The van der Waals surface area contributed by atoms with E-state index in [0.717, 1.165) is 0 Å². The minimum absolute atomic E-state index is 0.171. The fourth-order valence-corrected chi connectivity index (χ4v) is 2.10. The monoisotopic (exact) mass is 367 g/mol. The number of hydrogen-bond donors (Lipinski definition) is 0. The van der Waals surface area contributed by atoms with Gasteiger partial charge in [0.15, 0.2) is 0 Å². The van der Waals surface area contributed by atoms with Gasteiger partial charge in [0.1, 0.15) is 5.69 Å². The van der Waals surface area contributed by atoms with Crippen molar-refractivity contribution in [3.63, 3.8) is 0 Å². The number of alkyl halides is 6. The summed E-state index contributed by atoms with van der Waals surface area (Å²) in [6, 6.07) is 0.549. The Labute approximate surface area is 104 Å². The Kier molecular flexibility index (Phi) is 4.28. The van der Waals surface area contributed by atoms with Crippen LogP contribution in [0.2, 0.25) is 0 Å². The highest BCUT2D eigenvalue weighted by atomic mass is 79.9. The number of hydrogen-bond acceptors (Lipinski definition) is 1. The van der Waals surface area contributed by atoms with Gasteiger partial charge in [-0.05, 0) is 6.07 Å². The van der Waals surface area contributed by atoms with E-state index in [0.29, 0.717) is 6.07 Å². The van der Waals surface area contributed by atoms with Crippen molar-refractivity contribution in [2.24, 2.45) is 0 Å². The average molecular weight is 369 g/mol. The quantitative estimate of drug-likeness (QED) is 0.545. The smallest absolute Gasteiger partial charge is 0.247 e. The summed E-state index contributed by atoms with van der Waals surface area (Å²) < 4.78 is 61.8. The number of aromatic nitrogens is 1. The number of nitrogens with zero attached hydrogens (tertiary/aromatic N) is 1. The Morgan fingerprint density at radius 2 is 1.88 bits per heavy atom. The predicted octanol–water partition coefficient (Wildman–Crippen LogP) is 4.70. The maximum atomic E-state index is 12.5. The Morgan fingerprint density at radius 3 is 2.25 bits per heavy atom. The molecule has 0 spiro atoms. The molecular formula is C8H4Br2F5N. The van der Waals surface area contributed by atoms with E-state index in [4.69, 9.17) is 0 Å². The summed E-state index contributed by atoms with van der Waals surface area (Å²) in [5.74, 6) is 0. The van der Waals surface area contributed by atoms with Gasteiger partial charge in [0.05, 0.1) is 11.3 Å². The zero-order chi connectivity index (χ0) is 12.5. The molecule has 0 saturated heterocycles. The van der Waals surface area contributed by atoms with Gasteiger partial charge >= 0.3 is 6.18 Å². The lowest BCUT2D eigenvalue weighted by Crippen LogP contribution is -2.11. The van der Waals surface area contributed by atoms with Crippen LogP contribution in [0.3, 0.4) is 0 Å². The van der Waals surface area contributed by atoms with Crippen molar-refractivity contribution < 1.29 is 22.0 Å². The fourth-order valence-electron chi connectivity index (χ4n) is 1.05. The Bertz CT molecular complexity index is 391. The Hall–Kier alpha value is -0.240. The van der Waals surface area contributed by atoms with E-state index < -0.39 is 23.9 Å². The number of halogens is 7. The van der Waals surface area contributed by atoms with Crippen molar-refractivity contribution >= 4 is 31.9 Å². The molecule has 0 bridgehead atoms. The molecule has 1 nitrogen and oxygen atoms in total. The Morgan fingerprint density at radius 1 is 1.31 bits per heavy atom. The van der Waals surface area contributed by atoms with Crippen molar-refractivity contribution in [1.82, 2.24) is 4.98 Å². The molecule has 0 fully saturated rings. The summed E-state index contributed by atoms with van der Waals surface area (Å²) >= 11 is 5.52. The van der Waals surface area contributed by atoms with E-state index in [9.17, 15) is 22.0 Å². The van der Waals surface area contributed by atoms with Crippen LogP contribution >= 0.6 is 31.9 Å². The molecule has 1 aromatic rings. The van der Waals surface area contributed by atoms with Crippen LogP contribution in [0, 0.1) is 0 Å². The molecule has 0 aliphatic carbocycles. The van der Waals surface area contributed by atoms with Gasteiger partial charge in [-0.15, -0.1) is 0 Å². The summed E-state index contributed by atoms with van der Waals surface area (Å²) in [7, 11) is 0. The van der Waals surface area contributed by atoms with Crippen LogP contribution in [0.15, 0.2) is 10.5 Å². The second kappa shape index (κ2) is 4.95. The van der Waals surface area contributed by atoms with E-state index in [1.165, 1.54) is 0 Å². The summed E-state index contributed by atoms with van der Waals surface area (Å²) in [6.45, 7) is 0. The highest BCUT2D eigenvalue weighted by Crippen LogP contribution is 2.36. The van der Waals surface area contributed by atoms with Gasteiger partial charge in [-0.25, -0.2) is 13.8 Å². The summed E-state index contributed by atoms with van der Waals surface area (Å²) in [5.41, 5.74) is -2.04. The predicted molar refractivity (Wildman–Crippen MR) is 54.5 cm³/mol. The maximum Gasteiger partial charge on any atom is 0.433 e. The lowest BCUT2D eigenvalue weighted by Gasteiger charge is -2.12. The zero-order valence-electron chi connectivity index (χ0n) is 7.45. The van der Waals surface area contributed by atoms with E-state index in [1.54, 1.807) is 0 Å². The standard InChI is InChI=1S/C8H4Br2F5N/c9-2-4-6(7(11)12)3(10)1-5(16-4)8(13,14)15/h1,7H,2H2. The molecule has 0 radical (unpaired) electrons. The number of rotatable bonds is 2. The molecule has 0 atom stereocenters. The van der Waals surface area contributed by atoms with Gasteiger partial charge < -0.3 is 0 Å². The first-order chi connectivity index (χ1) is 7.27. The van der Waals surface area contributed by atoms with Crippen molar-refractivity contribution in [1.29, 1.82) is 0 Å². The molecule has 8 heteroatoms. The first kappa shape index (κ1) is 13.8. The average Bonchev–Trinajstić information content (AvgIpc) is 2.14. The molecule has 1 rings (SSSR count). The van der Waals surface area contributed by atoms with E-state index in [-0.39, 0.29) is 15.5 Å². The van der Waals surface area contributed by atoms with Gasteiger partial charge in [0.2, 0.25) is 0 Å². The molecule has 0 unspecified atom stereocenters. The molecule has 0 aliphatic heterocycles. The molecule has 0 aliphatic rings. The van der Waals surface area contributed by atoms with Gasteiger partial charge in [-0.1, -0.05) is 31.9 Å². The van der Waals surface area contributed by atoms with E-state index >= 15 is 0 Å². The van der Waals surface area contributed by atoms with Gasteiger partial charge in [-0.3, -0.25) is 0 Å². The maximum absolute atomic E-state index is 12.5. The molecule has 0 N–H and O–H groups in total. The minimum Gasteiger partial charge on any atom is -0.247 e. The van der Waals surface area contributed by atoms with Gasteiger partial charge in [0, 0.05) is 9.80 Å². The fraction of sp³-hybridized carbons (Fsp3) is 0.375. The topological polar surface area (TPSA) is 12.9 Å². The van der Waals surface area contributed by atoms with E-state index in [2.05, 4.69) is 36.8 Å². The second-order valence-corrected chi connectivity index (χ2v) is 4.20. The second-order valence-electron chi connectivity index (χ2n) is 2.78. The number of pyridine rings is 1. The van der Waals surface area contributed by atoms with Crippen molar-refractivity contribution in [3.05, 3.63) is 27.5 Å². The normalized spacial score (nSPS) is 12.2. The molecular weight excluding hydrogens is 365 g/mol. The molecule has 90 valence electrons. The first-order valence-electron chi connectivity index (χ1n) is 3.88. The summed E-state index contributed by atoms with van der Waals surface area (Å²) in [6.07, 6.45) is -7.53. The summed E-state index contributed by atoms with van der Waals surface area (Å²) in [4.78, 5) is 3.16. The summed E-state index contributed by atoms with van der Waals surface area (Å²) in [5, 5.41) is -0.171. The highest BCUT2D eigenvalue weighted by molar-refractivity contribution is 9.10. The largest absolute Gasteiger partial charge is 0.433 e. The van der Waals surface area contributed by atoms with Crippen LogP contribution in [-0.4, -0.2) is 4.98 Å². The highest BCUT2D eigenvalue weighted by Gasteiger charge is 2.34. The van der Waals surface area contributed by atoms with Gasteiger partial charge in [-0.2, -0.15) is 13.2 Å². The van der Waals surface area contributed by atoms with E-state index in [1.807, 2.05) is 0 Å². The zero-order valence-corrected chi connectivity index (χ0v) is 10.6. The third kappa shape index (κ3) is 2.91. The molecule has 0 aromatic carbocycles.